The predicted molar refractivity (Wildman–Crippen MR) is 94.4 cm³/mol. The summed E-state index contributed by atoms with van der Waals surface area (Å²) >= 11 is 3.42. The van der Waals surface area contributed by atoms with Crippen molar-refractivity contribution < 1.29 is 0 Å². The third-order valence-electron chi connectivity index (χ3n) is 3.94. The van der Waals surface area contributed by atoms with Gasteiger partial charge in [-0.3, -0.25) is 0 Å². The smallest absolute Gasteiger partial charge is 0.159 e. The number of nitrogen functional groups attached to an aromatic ring is 1. The first kappa shape index (κ1) is 15.1. The molecular formula is C16H20BrN5. The summed E-state index contributed by atoms with van der Waals surface area (Å²) in [6.45, 7) is 0. The Balaban J connectivity index is 1.74. The number of anilines is 4. The van der Waals surface area contributed by atoms with Crippen molar-refractivity contribution in [1.29, 1.82) is 0 Å². The quantitative estimate of drug-likeness (QED) is 0.756. The first-order valence-electron chi connectivity index (χ1n) is 7.62. The minimum absolute atomic E-state index is 0.464. The molecule has 0 spiro atoms. The van der Waals surface area contributed by atoms with Crippen LogP contribution in [0.5, 0.6) is 0 Å². The Hall–Kier alpha value is -1.82. The van der Waals surface area contributed by atoms with E-state index in [1.807, 2.05) is 24.3 Å². The van der Waals surface area contributed by atoms with E-state index in [-0.39, 0.29) is 0 Å². The number of hydrogen-bond donors (Lipinski definition) is 3. The molecule has 0 amide bonds. The van der Waals surface area contributed by atoms with Crippen molar-refractivity contribution in [1.82, 2.24) is 9.97 Å². The molecule has 1 aliphatic rings. The minimum atomic E-state index is 0.464. The normalized spacial score (nSPS) is 15.5. The molecule has 0 unspecified atom stereocenters. The van der Waals surface area contributed by atoms with Crippen molar-refractivity contribution in [3.63, 3.8) is 0 Å². The van der Waals surface area contributed by atoms with Gasteiger partial charge in [-0.2, -0.15) is 0 Å². The number of aromatic nitrogens is 2. The van der Waals surface area contributed by atoms with Crippen LogP contribution in [0.3, 0.4) is 0 Å². The lowest BCUT2D eigenvalue weighted by molar-refractivity contribution is 0.462. The van der Waals surface area contributed by atoms with E-state index in [1.165, 1.54) is 32.1 Å². The zero-order chi connectivity index (χ0) is 15.4. The average molecular weight is 362 g/mol. The number of nitrogens with one attached hydrogen (secondary N) is 2. The van der Waals surface area contributed by atoms with E-state index in [1.54, 1.807) is 6.33 Å². The Bertz CT molecular complexity index is 623. The lowest BCUT2D eigenvalue weighted by Gasteiger charge is -2.24. The summed E-state index contributed by atoms with van der Waals surface area (Å²) in [4.78, 5) is 8.54. The first-order chi connectivity index (χ1) is 10.7. The van der Waals surface area contributed by atoms with Crippen LogP contribution in [0, 0.1) is 0 Å². The van der Waals surface area contributed by atoms with Crippen LogP contribution in [-0.4, -0.2) is 16.0 Å². The van der Waals surface area contributed by atoms with Crippen LogP contribution in [0.15, 0.2) is 35.1 Å². The molecule has 6 heteroatoms. The van der Waals surface area contributed by atoms with Crippen molar-refractivity contribution >= 4 is 38.9 Å². The number of hydrogen-bond acceptors (Lipinski definition) is 5. The largest absolute Gasteiger partial charge is 0.393 e. The summed E-state index contributed by atoms with van der Waals surface area (Å²) in [6.07, 6.45) is 7.77. The van der Waals surface area contributed by atoms with E-state index in [0.29, 0.717) is 17.5 Å². The number of nitrogens with two attached hydrogens (primary N) is 1. The molecule has 1 heterocycles. The summed E-state index contributed by atoms with van der Waals surface area (Å²) < 4.78 is 1.04. The second-order valence-corrected chi connectivity index (χ2v) is 6.51. The van der Waals surface area contributed by atoms with Gasteiger partial charge in [-0.1, -0.05) is 35.2 Å². The zero-order valence-electron chi connectivity index (χ0n) is 12.3. The molecule has 0 atom stereocenters. The van der Waals surface area contributed by atoms with Crippen LogP contribution in [0.1, 0.15) is 32.1 Å². The third kappa shape index (κ3) is 3.68. The zero-order valence-corrected chi connectivity index (χ0v) is 13.9. The molecule has 0 bridgehead atoms. The van der Waals surface area contributed by atoms with Crippen LogP contribution < -0.4 is 16.4 Å². The fourth-order valence-corrected chi connectivity index (χ4v) is 2.98. The molecule has 1 aromatic heterocycles. The molecule has 2 aromatic rings. The molecule has 3 rings (SSSR count). The highest BCUT2D eigenvalue weighted by Crippen LogP contribution is 2.29. The van der Waals surface area contributed by atoms with Gasteiger partial charge in [0, 0.05) is 16.2 Å². The van der Waals surface area contributed by atoms with Crippen molar-refractivity contribution in [2.75, 3.05) is 16.4 Å². The van der Waals surface area contributed by atoms with Gasteiger partial charge < -0.3 is 16.4 Å². The number of rotatable bonds is 4. The van der Waals surface area contributed by atoms with Gasteiger partial charge in [0.05, 0.1) is 0 Å². The third-order valence-corrected chi connectivity index (χ3v) is 4.47. The molecule has 4 N–H and O–H groups in total. The standard InChI is InChI=1S/C16H20BrN5/c17-11-6-8-13(9-7-11)22-16-14(18)15(19-10-20-16)21-12-4-2-1-3-5-12/h6-10,12H,1-5,18H2,(H2,19,20,21,22). The van der Waals surface area contributed by atoms with Gasteiger partial charge in [0.25, 0.3) is 0 Å². The van der Waals surface area contributed by atoms with Crippen LogP contribution in [-0.2, 0) is 0 Å². The van der Waals surface area contributed by atoms with E-state index in [2.05, 4.69) is 36.5 Å². The van der Waals surface area contributed by atoms with Gasteiger partial charge in [0.2, 0.25) is 0 Å². The van der Waals surface area contributed by atoms with Crippen molar-refractivity contribution in [3.05, 3.63) is 35.1 Å². The predicted octanol–water partition coefficient (Wildman–Crippen LogP) is 4.31. The van der Waals surface area contributed by atoms with Gasteiger partial charge in [-0.25, -0.2) is 9.97 Å². The van der Waals surface area contributed by atoms with E-state index in [0.717, 1.165) is 16.0 Å². The van der Waals surface area contributed by atoms with E-state index in [9.17, 15) is 0 Å². The molecule has 22 heavy (non-hydrogen) atoms. The SMILES string of the molecule is Nc1c(Nc2ccc(Br)cc2)ncnc1NC1CCCCC1. The Labute approximate surface area is 138 Å². The van der Waals surface area contributed by atoms with Crippen LogP contribution in [0.2, 0.25) is 0 Å². The second-order valence-electron chi connectivity index (χ2n) is 5.60. The highest BCUT2D eigenvalue weighted by molar-refractivity contribution is 9.10. The average Bonchev–Trinajstić information content (AvgIpc) is 2.54. The Kier molecular flexibility index (Phi) is 4.77. The Morgan fingerprint density at radius 1 is 1.00 bits per heavy atom. The van der Waals surface area contributed by atoms with E-state index in [4.69, 9.17) is 5.73 Å². The maximum absolute atomic E-state index is 6.22. The number of halogens is 1. The molecule has 116 valence electrons. The number of nitrogens with zero attached hydrogens (tertiary/aromatic N) is 2. The van der Waals surface area contributed by atoms with E-state index < -0.39 is 0 Å². The first-order valence-corrected chi connectivity index (χ1v) is 8.41. The fraction of sp³-hybridized carbons (Fsp3) is 0.375. The minimum Gasteiger partial charge on any atom is -0.393 e. The van der Waals surface area contributed by atoms with Crippen LogP contribution in [0.4, 0.5) is 23.0 Å². The maximum atomic E-state index is 6.22. The summed E-state index contributed by atoms with van der Waals surface area (Å²) in [6, 6.07) is 8.35. The topological polar surface area (TPSA) is 75.9 Å². The Morgan fingerprint density at radius 2 is 1.68 bits per heavy atom. The highest BCUT2D eigenvalue weighted by atomic mass is 79.9. The second kappa shape index (κ2) is 6.96. The summed E-state index contributed by atoms with van der Waals surface area (Å²) in [5, 5.41) is 6.70. The lowest BCUT2D eigenvalue weighted by Crippen LogP contribution is -2.23. The van der Waals surface area contributed by atoms with Gasteiger partial charge in [0.1, 0.15) is 12.0 Å². The van der Waals surface area contributed by atoms with Gasteiger partial charge in [-0.05, 0) is 37.1 Å². The van der Waals surface area contributed by atoms with Gasteiger partial charge >= 0.3 is 0 Å². The van der Waals surface area contributed by atoms with Gasteiger partial charge in [-0.15, -0.1) is 0 Å². The molecule has 1 aromatic carbocycles. The van der Waals surface area contributed by atoms with Crippen LogP contribution >= 0.6 is 15.9 Å². The maximum Gasteiger partial charge on any atom is 0.159 e. The highest BCUT2D eigenvalue weighted by Gasteiger charge is 2.16. The lowest BCUT2D eigenvalue weighted by atomic mass is 9.95. The van der Waals surface area contributed by atoms with Crippen molar-refractivity contribution in [2.45, 2.75) is 38.1 Å². The van der Waals surface area contributed by atoms with E-state index >= 15 is 0 Å². The molecule has 0 aliphatic heterocycles. The van der Waals surface area contributed by atoms with Crippen molar-refractivity contribution in [3.8, 4) is 0 Å². The molecule has 1 saturated carbocycles. The monoisotopic (exact) mass is 361 g/mol. The van der Waals surface area contributed by atoms with Crippen molar-refractivity contribution in [2.24, 2.45) is 0 Å². The summed E-state index contributed by atoms with van der Waals surface area (Å²) in [5.41, 5.74) is 7.73. The molecule has 0 saturated heterocycles. The summed E-state index contributed by atoms with van der Waals surface area (Å²) in [5.74, 6) is 1.36. The number of benzene rings is 1. The molecule has 1 fully saturated rings. The molecule has 1 aliphatic carbocycles. The fourth-order valence-electron chi connectivity index (χ4n) is 2.72. The molecule has 0 radical (unpaired) electrons. The van der Waals surface area contributed by atoms with Gasteiger partial charge in [0.15, 0.2) is 11.6 Å². The molecule has 5 nitrogen and oxygen atoms in total. The van der Waals surface area contributed by atoms with Crippen LogP contribution in [0.25, 0.3) is 0 Å². The molecular weight excluding hydrogens is 342 g/mol. The Morgan fingerprint density at radius 3 is 2.41 bits per heavy atom. The summed E-state index contributed by atoms with van der Waals surface area (Å²) in [7, 11) is 0.